The normalized spacial score (nSPS) is 11.6. The molecule has 0 N–H and O–H groups in total. The van der Waals surface area contributed by atoms with Gasteiger partial charge in [0.15, 0.2) is 5.76 Å². The molecule has 0 spiro atoms. The summed E-state index contributed by atoms with van der Waals surface area (Å²) >= 11 is 3.35. The van der Waals surface area contributed by atoms with Crippen molar-refractivity contribution in [2.45, 2.75) is 0 Å². The van der Waals surface area contributed by atoms with Crippen LogP contribution in [0.4, 0.5) is 4.39 Å². The fourth-order valence-electron chi connectivity index (χ4n) is 4.08. The molecule has 7 nitrogen and oxygen atoms in total. The Labute approximate surface area is 217 Å². The maximum absolute atomic E-state index is 13.5. The molecule has 3 aromatic carbocycles. The zero-order valence-electron chi connectivity index (χ0n) is 19.3. The molecule has 0 aliphatic heterocycles. The lowest BCUT2D eigenvalue weighted by atomic mass is 10.2. The lowest BCUT2D eigenvalue weighted by Gasteiger charge is -2.06. The molecule has 6 rings (SSSR count). The second-order valence-electron chi connectivity index (χ2n) is 8.12. The van der Waals surface area contributed by atoms with Crippen LogP contribution in [0, 0.1) is 5.82 Å². The van der Waals surface area contributed by atoms with E-state index >= 15 is 0 Å². The van der Waals surface area contributed by atoms with Crippen molar-refractivity contribution in [2.24, 2.45) is 5.10 Å². The van der Waals surface area contributed by atoms with Gasteiger partial charge in [0.25, 0.3) is 5.56 Å². The van der Waals surface area contributed by atoms with Gasteiger partial charge in [-0.1, -0.05) is 18.2 Å². The van der Waals surface area contributed by atoms with Gasteiger partial charge in [-0.2, -0.15) is 9.78 Å². The molecule has 37 heavy (non-hydrogen) atoms. The Bertz CT molecular complexity index is 1890. The molecule has 0 unspecified atom stereocenters. The standard InChI is InChI=1S/C28H17BrFN3O4/c1-35-23-7-4-8-24-20(23)14-26(37-24)27-32-22-6-3-2-5-19(22)28(34)33(27)31-15-17-10-12-25(36-17)18-11-9-16(30)13-21(18)29/h2-15H,1H3. The van der Waals surface area contributed by atoms with Gasteiger partial charge in [-0.15, -0.1) is 0 Å². The van der Waals surface area contributed by atoms with Crippen LogP contribution in [0.5, 0.6) is 5.75 Å². The minimum atomic E-state index is -0.364. The number of para-hydroxylation sites is 1. The highest BCUT2D eigenvalue weighted by molar-refractivity contribution is 9.10. The van der Waals surface area contributed by atoms with E-state index < -0.39 is 0 Å². The van der Waals surface area contributed by atoms with Crippen LogP contribution in [0.15, 0.2) is 102 Å². The number of aromatic nitrogens is 2. The second-order valence-corrected chi connectivity index (χ2v) is 8.98. The van der Waals surface area contributed by atoms with Crippen molar-refractivity contribution in [1.82, 2.24) is 9.66 Å². The van der Waals surface area contributed by atoms with E-state index in [1.807, 2.05) is 24.3 Å². The van der Waals surface area contributed by atoms with Crippen LogP contribution in [-0.4, -0.2) is 23.0 Å². The zero-order valence-corrected chi connectivity index (χ0v) is 20.9. The highest BCUT2D eigenvalue weighted by Crippen LogP contribution is 2.33. The molecule has 0 amide bonds. The lowest BCUT2D eigenvalue weighted by molar-refractivity contribution is 0.419. The zero-order chi connectivity index (χ0) is 25.5. The van der Waals surface area contributed by atoms with E-state index in [-0.39, 0.29) is 17.2 Å². The third kappa shape index (κ3) is 4.13. The molecule has 3 heterocycles. The maximum atomic E-state index is 13.5. The molecular formula is C28H17BrFN3O4. The number of halogens is 2. The van der Waals surface area contributed by atoms with Crippen LogP contribution in [0.25, 0.3) is 44.8 Å². The van der Waals surface area contributed by atoms with Crippen LogP contribution in [0.3, 0.4) is 0 Å². The average molecular weight is 558 g/mol. The average Bonchev–Trinajstić information content (AvgIpc) is 3.55. The quantitative estimate of drug-likeness (QED) is 0.216. The number of rotatable bonds is 5. The van der Waals surface area contributed by atoms with Gasteiger partial charge in [0.05, 0.1) is 29.6 Å². The topological polar surface area (TPSA) is 82.8 Å². The minimum absolute atomic E-state index is 0.228. The molecular weight excluding hydrogens is 541 g/mol. The van der Waals surface area contributed by atoms with Crippen molar-refractivity contribution >= 4 is 44.0 Å². The molecule has 0 saturated carbocycles. The van der Waals surface area contributed by atoms with E-state index in [1.165, 1.54) is 23.0 Å². The molecule has 0 bridgehead atoms. The summed E-state index contributed by atoms with van der Waals surface area (Å²) in [4.78, 5) is 18.1. The number of nitrogens with zero attached hydrogens (tertiary/aromatic N) is 3. The van der Waals surface area contributed by atoms with Gasteiger partial charge in [-0.05, 0) is 76.6 Å². The van der Waals surface area contributed by atoms with Crippen molar-refractivity contribution in [3.05, 3.63) is 105 Å². The molecule has 0 saturated heterocycles. The van der Waals surface area contributed by atoms with Crippen molar-refractivity contribution in [2.75, 3.05) is 7.11 Å². The van der Waals surface area contributed by atoms with Crippen LogP contribution < -0.4 is 10.3 Å². The Hall–Kier alpha value is -4.50. The van der Waals surface area contributed by atoms with E-state index in [0.29, 0.717) is 49.6 Å². The Morgan fingerprint density at radius 2 is 1.84 bits per heavy atom. The molecule has 0 radical (unpaired) electrons. The molecule has 6 aromatic rings. The summed E-state index contributed by atoms with van der Waals surface area (Å²) in [5.74, 6) is 1.77. The van der Waals surface area contributed by atoms with E-state index in [4.69, 9.17) is 13.6 Å². The van der Waals surface area contributed by atoms with Gasteiger partial charge < -0.3 is 13.6 Å². The van der Waals surface area contributed by atoms with Crippen LogP contribution in [-0.2, 0) is 0 Å². The first-order valence-electron chi connectivity index (χ1n) is 11.2. The Morgan fingerprint density at radius 1 is 0.973 bits per heavy atom. The van der Waals surface area contributed by atoms with Crippen LogP contribution in [0.1, 0.15) is 5.76 Å². The van der Waals surface area contributed by atoms with Crippen molar-refractivity contribution in [3.63, 3.8) is 0 Å². The SMILES string of the molecule is COc1cccc2oc(-c3nc4ccccc4c(=O)n3N=Cc3ccc(-c4ccc(F)cc4Br)o3)cc12. The summed E-state index contributed by atoms with van der Waals surface area (Å²) in [6.45, 7) is 0. The van der Waals surface area contributed by atoms with E-state index in [9.17, 15) is 9.18 Å². The number of ether oxygens (including phenoxy) is 1. The third-order valence-corrected chi connectivity index (χ3v) is 6.50. The Kier molecular flexibility index (Phi) is 5.69. The number of hydrogen-bond acceptors (Lipinski definition) is 6. The number of benzene rings is 3. The first-order valence-corrected chi connectivity index (χ1v) is 12.0. The minimum Gasteiger partial charge on any atom is -0.496 e. The van der Waals surface area contributed by atoms with Gasteiger partial charge in [0.2, 0.25) is 5.82 Å². The third-order valence-electron chi connectivity index (χ3n) is 5.84. The molecule has 3 aromatic heterocycles. The molecule has 0 atom stereocenters. The monoisotopic (exact) mass is 557 g/mol. The summed E-state index contributed by atoms with van der Waals surface area (Å²) < 4.78 is 32.6. The fourth-order valence-corrected chi connectivity index (χ4v) is 4.63. The van der Waals surface area contributed by atoms with E-state index in [0.717, 1.165) is 5.39 Å². The molecule has 0 fully saturated rings. The lowest BCUT2D eigenvalue weighted by Crippen LogP contribution is -2.20. The van der Waals surface area contributed by atoms with Gasteiger partial charge in [0.1, 0.15) is 28.7 Å². The van der Waals surface area contributed by atoms with Gasteiger partial charge in [-0.25, -0.2) is 9.37 Å². The molecule has 182 valence electrons. The summed E-state index contributed by atoms with van der Waals surface area (Å²) in [6.07, 6.45) is 1.42. The van der Waals surface area contributed by atoms with Gasteiger partial charge >= 0.3 is 0 Å². The highest BCUT2D eigenvalue weighted by atomic mass is 79.9. The van der Waals surface area contributed by atoms with E-state index in [1.54, 1.807) is 49.6 Å². The molecule has 0 aliphatic rings. The Balaban J connectivity index is 1.47. The highest BCUT2D eigenvalue weighted by Gasteiger charge is 2.18. The molecule has 9 heteroatoms. The molecule has 0 aliphatic carbocycles. The van der Waals surface area contributed by atoms with Crippen LogP contribution >= 0.6 is 15.9 Å². The largest absolute Gasteiger partial charge is 0.496 e. The van der Waals surface area contributed by atoms with E-state index in [2.05, 4.69) is 26.0 Å². The van der Waals surface area contributed by atoms with Gasteiger partial charge in [0, 0.05) is 10.0 Å². The summed E-state index contributed by atoms with van der Waals surface area (Å²) in [6, 6.07) is 22.0. The number of fused-ring (bicyclic) bond motifs is 2. The predicted molar refractivity (Wildman–Crippen MR) is 143 cm³/mol. The first-order chi connectivity index (χ1) is 18.0. The number of furan rings is 2. The van der Waals surface area contributed by atoms with Crippen molar-refractivity contribution < 1.29 is 18.0 Å². The van der Waals surface area contributed by atoms with Crippen LogP contribution in [0.2, 0.25) is 0 Å². The summed E-state index contributed by atoms with van der Waals surface area (Å²) in [5, 5.41) is 5.58. The van der Waals surface area contributed by atoms with Crippen molar-refractivity contribution in [1.29, 1.82) is 0 Å². The first kappa shape index (κ1) is 22.9. The summed E-state index contributed by atoms with van der Waals surface area (Å²) in [7, 11) is 1.58. The predicted octanol–water partition coefficient (Wildman–Crippen LogP) is 6.86. The van der Waals surface area contributed by atoms with Gasteiger partial charge in [-0.3, -0.25) is 4.79 Å². The smallest absolute Gasteiger partial charge is 0.282 e. The number of hydrogen-bond donors (Lipinski definition) is 0. The fraction of sp³-hybridized carbons (Fsp3) is 0.0357. The maximum Gasteiger partial charge on any atom is 0.282 e. The Morgan fingerprint density at radius 3 is 2.68 bits per heavy atom. The van der Waals surface area contributed by atoms with Crippen molar-refractivity contribution in [3.8, 4) is 28.7 Å². The number of methoxy groups -OCH3 is 1. The summed E-state index contributed by atoms with van der Waals surface area (Å²) in [5.41, 5.74) is 1.43. The second kappa shape index (κ2) is 9.18.